The van der Waals surface area contributed by atoms with Crippen molar-refractivity contribution in [1.29, 1.82) is 0 Å². The van der Waals surface area contributed by atoms with E-state index >= 15 is 0 Å². The Morgan fingerprint density at radius 2 is 1.69 bits per heavy atom. The summed E-state index contributed by atoms with van der Waals surface area (Å²) in [6.07, 6.45) is 0.584. The minimum Gasteiger partial charge on any atom is -0.493 e. The fourth-order valence-corrected chi connectivity index (χ4v) is 2.87. The largest absolute Gasteiger partial charge is 0.493 e. The molecule has 7 heteroatoms. The Balaban J connectivity index is 1.74. The van der Waals surface area contributed by atoms with E-state index in [4.69, 9.17) is 9.47 Å². The van der Waals surface area contributed by atoms with Gasteiger partial charge in [-0.25, -0.2) is 9.48 Å². The van der Waals surface area contributed by atoms with Crippen LogP contribution in [-0.4, -0.2) is 34.9 Å². The number of methoxy groups -OCH3 is 1. The molecule has 0 bridgehead atoms. The van der Waals surface area contributed by atoms with Crippen LogP contribution in [0, 0.1) is 13.8 Å². The van der Waals surface area contributed by atoms with Gasteiger partial charge in [-0.3, -0.25) is 4.79 Å². The fraction of sp³-hybridized carbons (Fsp3) is 0.227. The van der Waals surface area contributed by atoms with E-state index < -0.39 is 18.0 Å². The first-order valence-corrected chi connectivity index (χ1v) is 9.18. The van der Waals surface area contributed by atoms with E-state index in [0.717, 1.165) is 16.8 Å². The first kappa shape index (κ1) is 20.1. The van der Waals surface area contributed by atoms with Crippen LogP contribution < -0.4 is 10.1 Å². The molecule has 0 aliphatic rings. The van der Waals surface area contributed by atoms with Crippen LogP contribution in [0.5, 0.6) is 5.75 Å². The van der Waals surface area contributed by atoms with Crippen LogP contribution in [0.15, 0.2) is 54.7 Å². The van der Waals surface area contributed by atoms with Crippen LogP contribution in [0.25, 0.3) is 5.69 Å². The van der Waals surface area contributed by atoms with Crippen molar-refractivity contribution in [3.8, 4) is 11.4 Å². The molecule has 1 aromatic heterocycles. The van der Waals surface area contributed by atoms with Crippen LogP contribution in [0.4, 0.5) is 5.69 Å². The number of hydrogen-bond acceptors (Lipinski definition) is 5. The molecule has 0 fully saturated rings. The number of aromatic nitrogens is 2. The van der Waals surface area contributed by atoms with Gasteiger partial charge >= 0.3 is 5.97 Å². The van der Waals surface area contributed by atoms with E-state index in [9.17, 15) is 9.59 Å². The van der Waals surface area contributed by atoms with Crippen LogP contribution in [-0.2, 0) is 9.53 Å². The number of benzene rings is 2. The van der Waals surface area contributed by atoms with E-state index in [1.807, 2.05) is 62.4 Å². The van der Waals surface area contributed by atoms with E-state index in [1.54, 1.807) is 6.20 Å². The van der Waals surface area contributed by atoms with Gasteiger partial charge in [-0.05, 0) is 44.0 Å². The molecule has 7 nitrogen and oxygen atoms in total. The number of carbonyl (C=O) groups excluding carboxylic acids is 2. The Labute approximate surface area is 169 Å². The molecular formula is C22H23N3O4. The molecule has 1 heterocycles. The summed E-state index contributed by atoms with van der Waals surface area (Å²) < 4.78 is 12.1. The maximum atomic E-state index is 12.6. The van der Waals surface area contributed by atoms with E-state index in [1.165, 1.54) is 18.7 Å². The van der Waals surface area contributed by atoms with Crippen molar-refractivity contribution in [2.45, 2.75) is 26.9 Å². The topological polar surface area (TPSA) is 82.5 Å². The Kier molecular flexibility index (Phi) is 5.97. The highest BCUT2D eigenvalue weighted by atomic mass is 16.6. The van der Waals surface area contributed by atoms with Crippen molar-refractivity contribution in [3.63, 3.8) is 0 Å². The molecule has 0 spiro atoms. The zero-order valence-electron chi connectivity index (χ0n) is 16.8. The average molecular weight is 393 g/mol. The third kappa shape index (κ3) is 4.45. The number of ether oxygens (including phenoxy) is 2. The van der Waals surface area contributed by atoms with Crippen molar-refractivity contribution in [1.82, 2.24) is 9.78 Å². The van der Waals surface area contributed by atoms with E-state index in [2.05, 4.69) is 10.4 Å². The number of nitrogens with zero attached hydrogens (tertiary/aromatic N) is 2. The minimum absolute atomic E-state index is 0.00285. The van der Waals surface area contributed by atoms with Gasteiger partial charge < -0.3 is 14.8 Å². The van der Waals surface area contributed by atoms with Gasteiger partial charge in [0.2, 0.25) is 5.69 Å². The first-order valence-electron chi connectivity index (χ1n) is 9.18. The highest BCUT2D eigenvalue weighted by molar-refractivity contribution is 5.98. The first-order chi connectivity index (χ1) is 13.9. The van der Waals surface area contributed by atoms with E-state index in [0.29, 0.717) is 5.69 Å². The van der Waals surface area contributed by atoms with Gasteiger partial charge in [0.05, 0.1) is 19.0 Å². The molecule has 1 N–H and O–H groups in total. The monoisotopic (exact) mass is 393 g/mol. The lowest BCUT2D eigenvalue weighted by Crippen LogP contribution is -2.30. The molecule has 0 saturated carbocycles. The molecule has 3 aromatic rings. The Bertz CT molecular complexity index is 1010. The smallest absolute Gasteiger partial charge is 0.363 e. The number of aryl methyl sites for hydroxylation is 2. The quantitative estimate of drug-likeness (QED) is 0.646. The number of para-hydroxylation sites is 2. The van der Waals surface area contributed by atoms with E-state index in [-0.39, 0.29) is 11.4 Å². The van der Waals surface area contributed by atoms with Gasteiger partial charge in [0.25, 0.3) is 5.91 Å². The molecule has 0 unspecified atom stereocenters. The van der Waals surface area contributed by atoms with Crippen molar-refractivity contribution in [3.05, 3.63) is 71.5 Å². The normalized spacial score (nSPS) is 11.6. The second-order valence-corrected chi connectivity index (χ2v) is 6.63. The molecule has 1 amide bonds. The summed E-state index contributed by atoms with van der Waals surface area (Å²) in [4.78, 5) is 25.1. The molecule has 150 valence electrons. The summed E-state index contributed by atoms with van der Waals surface area (Å²) in [6, 6.07) is 15.0. The van der Waals surface area contributed by atoms with Gasteiger partial charge in [-0.15, -0.1) is 0 Å². The summed E-state index contributed by atoms with van der Waals surface area (Å²) in [7, 11) is 1.44. The number of anilines is 1. The number of nitrogens with one attached hydrogen (secondary N) is 1. The number of carbonyl (C=O) groups is 2. The van der Waals surface area contributed by atoms with Gasteiger partial charge in [-0.2, -0.15) is 5.10 Å². The zero-order chi connectivity index (χ0) is 21.0. The van der Waals surface area contributed by atoms with Crippen LogP contribution in [0.2, 0.25) is 0 Å². The number of amides is 1. The minimum atomic E-state index is -1.01. The molecule has 0 radical (unpaired) electrons. The van der Waals surface area contributed by atoms with Crippen molar-refractivity contribution in [2.24, 2.45) is 0 Å². The van der Waals surface area contributed by atoms with Crippen molar-refractivity contribution >= 4 is 17.6 Å². The second kappa shape index (κ2) is 8.60. The number of rotatable bonds is 6. The van der Waals surface area contributed by atoms with Gasteiger partial charge in [0, 0.05) is 5.69 Å². The predicted octanol–water partition coefficient (Wildman–Crippen LogP) is 3.68. The summed E-state index contributed by atoms with van der Waals surface area (Å²) in [5.41, 5.74) is 3.35. The summed E-state index contributed by atoms with van der Waals surface area (Å²) >= 11 is 0. The summed E-state index contributed by atoms with van der Waals surface area (Å²) in [5.74, 6) is -0.890. The molecule has 2 aromatic carbocycles. The lowest BCUT2D eigenvalue weighted by atomic mass is 10.1. The van der Waals surface area contributed by atoms with Gasteiger partial charge in [-0.1, -0.05) is 36.4 Å². The highest BCUT2D eigenvalue weighted by Gasteiger charge is 2.25. The third-order valence-electron chi connectivity index (χ3n) is 4.50. The van der Waals surface area contributed by atoms with Crippen LogP contribution in [0.1, 0.15) is 28.5 Å². The predicted molar refractivity (Wildman–Crippen MR) is 110 cm³/mol. The molecule has 0 aliphatic heterocycles. The zero-order valence-corrected chi connectivity index (χ0v) is 16.8. The third-order valence-corrected chi connectivity index (χ3v) is 4.50. The number of hydrogen-bond donors (Lipinski definition) is 1. The average Bonchev–Trinajstić information content (AvgIpc) is 3.16. The van der Waals surface area contributed by atoms with Crippen LogP contribution >= 0.6 is 0 Å². The Morgan fingerprint density at radius 3 is 2.31 bits per heavy atom. The molecule has 29 heavy (non-hydrogen) atoms. The Morgan fingerprint density at radius 1 is 1.03 bits per heavy atom. The molecule has 0 saturated heterocycles. The van der Waals surface area contributed by atoms with Crippen molar-refractivity contribution in [2.75, 3.05) is 12.4 Å². The fourth-order valence-electron chi connectivity index (χ4n) is 2.87. The van der Waals surface area contributed by atoms with Gasteiger partial charge in [0.15, 0.2) is 11.9 Å². The van der Waals surface area contributed by atoms with Crippen LogP contribution in [0.3, 0.4) is 0 Å². The number of esters is 1. The van der Waals surface area contributed by atoms with Crippen molar-refractivity contribution < 1.29 is 19.1 Å². The maximum absolute atomic E-state index is 12.6. The standard InChI is InChI=1S/C22H23N3O4/c1-14-9-8-10-15(2)19(14)23-21(26)16(3)29-22(27)20-18(28-4)13-25(24-20)17-11-6-5-7-12-17/h5-13,16H,1-4H3,(H,23,26)/t16-/m0/s1. The maximum Gasteiger partial charge on any atom is 0.363 e. The second-order valence-electron chi connectivity index (χ2n) is 6.63. The Hall–Kier alpha value is -3.61. The SMILES string of the molecule is COc1cn(-c2ccccc2)nc1C(=O)O[C@@H](C)C(=O)Nc1c(C)cccc1C. The summed E-state index contributed by atoms with van der Waals surface area (Å²) in [5, 5.41) is 7.08. The molecule has 0 aliphatic carbocycles. The highest BCUT2D eigenvalue weighted by Crippen LogP contribution is 2.22. The lowest BCUT2D eigenvalue weighted by molar-refractivity contribution is -0.123. The molecule has 3 rings (SSSR count). The van der Waals surface area contributed by atoms with Gasteiger partial charge in [0.1, 0.15) is 0 Å². The summed E-state index contributed by atoms with van der Waals surface area (Å²) in [6.45, 7) is 5.32. The molecular weight excluding hydrogens is 370 g/mol. The molecule has 1 atom stereocenters. The lowest BCUT2D eigenvalue weighted by Gasteiger charge is -2.16.